The van der Waals surface area contributed by atoms with Crippen LogP contribution in [-0.4, -0.2) is 12.1 Å². The van der Waals surface area contributed by atoms with E-state index in [0.29, 0.717) is 6.04 Å². The maximum absolute atomic E-state index is 5.03. The normalized spacial score (nSPS) is 28.1. The van der Waals surface area contributed by atoms with Crippen LogP contribution in [0.25, 0.3) is 0 Å². The van der Waals surface area contributed by atoms with Crippen molar-refractivity contribution < 1.29 is 4.42 Å². The number of rotatable bonds is 3. The maximum Gasteiger partial charge on any atom is 0.0934 e. The molecular formula is C11H17NO. The summed E-state index contributed by atoms with van der Waals surface area (Å²) in [7, 11) is 0. The lowest BCUT2D eigenvalue weighted by molar-refractivity contribution is 0.522. The van der Waals surface area contributed by atoms with Crippen molar-refractivity contribution in [2.24, 2.45) is 0 Å². The molecule has 1 aromatic rings. The maximum atomic E-state index is 5.03. The summed E-state index contributed by atoms with van der Waals surface area (Å²) in [6.07, 6.45) is 8.64. The van der Waals surface area contributed by atoms with Gasteiger partial charge in [0.15, 0.2) is 0 Å². The molecule has 1 fully saturated rings. The highest BCUT2D eigenvalue weighted by Gasteiger charge is 2.19. The summed E-state index contributed by atoms with van der Waals surface area (Å²) in [5.74, 6) is 0. The van der Waals surface area contributed by atoms with E-state index in [2.05, 4.69) is 18.3 Å². The molecule has 1 aromatic heterocycles. The highest BCUT2D eigenvalue weighted by atomic mass is 16.3. The Bertz CT molecular complexity index is 243. The molecule has 0 amide bonds. The molecule has 13 heavy (non-hydrogen) atoms. The van der Waals surface area contributed by atoms with Crippen LogP contribution in [0.5, 0.6) is 0 Å². The molecule has 2 nitrogen and oxygen atoms in total. The minimum absolute atomic E-state index is 0.717. The van der Waals surface area contributed by atoms with Gasteiger partial charge in [0.2, 0.25) is 0 Å². The third-order valence-corrected chi connectivity index (χ3v) is 2.83. The summed E-state index contributed by atoms with van der Waals surface area (Å²) in [4.78, 5) is 0. The Kier molecular flexibility index (Phi) is 2.69. The van der Waals surface area contributed by atoms with Crippen molar-refractivity contribution in [3.05, 3.63) is 24.2 Å². The van der Waals surface area contributed by atoms with E-state index in [-0.39, 0.29) is 0 Å². The van der Waals surface area contributed by atoms with E-state index in [1.54, 1.807) is 6.26 Å². The Morgan fingerprint density at radius 3 is 3.08 bits per heavy atom. The number of aryl methyl sites for hydroxylation is 1. The average molecular weight is 179 g/mol. The highest BCUT2D eigenvalue weighted by Crippen LogP contribution is 2.16. The van der Waals surface area contributed by atoms with E-state index in [1.165, 1.54) is 24.8 Å². The SMILES string of the molecule is C[C@@H]1CC[C@H](CCc2ccoc2)N1. The predicted molar refractivity (Wildman–Crippen MR) is 52.6 cm³/mol. The summed E-state index contributed by atoms with van der Waals surface area (Å²) in [6, 6.07) is 3.50. The second kappa shape index (κ2) is 3.97. The molecule has 1 aliphatic rings. The molecule has 72 valence electrons. The highest BCUT2D eigenvalue weighted by molar-refractivity contribution is 5.05. The monoisotopic (exact) mass is 179 g/mol. The molecule has 2 heterocycles. The molecule has 1 saturated heterocycles. The lowest BCUT2D eigenvalue weighted by Gasteiger charge is -2.10. The quantitative estimate of drug-likeness (QED) is 0.770. The molecule has 0 aromatic carbocycles. The molecule has 0 spiro atoms. The van der Waals surface area contributed by atoms with Gasteiger partial charge < -0.3 is 9.73 Å². The summed E-state index contributed by atoms with van der Waals surface area (Å²) in [5.41, 5.74) is 1.32. The van der Waals surface area contributed by atoms with Crippen molar-refractivity contribution in [2.45, 2.75) is 44.7 Å². The van der Waals surface area contributed by atoms with Gasteiger partial charge >= 0.3 is 0 Å². The number of hydrogen-bond acceptors (Lipinski definition) is 2. The first-order valence-electron chi connectivity index (χ1n) is 5.12. The molecular weight excluding hydrogens is 162 g/mol. The Hall–Kier alpha value is -0.760. The first-order chi connectivity index (χ1) is 6.34. The predicted octanol–water partition coefficient (Wildman–Crippen LogP) is 2.35. The summed E-state index contributed by atoms with van der Waals surface area (Å²) < 4.78 is 5.03. The van der Waals surface area contributed by atoms with Gasteiger partial charge in [0.05, 0.1) is 12.5 Å². The topological polar surface area (TPSA) is 25.2 Å². The Labute approximate surface area is 79.3 Å². The van der Waals surface area contributed by atoms with E-state index < -0.39 is 0 Å². The second-order valence-corrected chi connectivity index (χ2v) is 4.01. The average Bonchev–Trinajstić information content (AvgIpc) is 2.71. The largest absolute Gasteiger partial charge is 0.472 e. The van der Waals surface area contributed by atoms with Gasteiger partial charge in [-0.05, 0) is 44.2 Å². The molecule has 2 rings (SSSR count). The fourth-order valence-corrected chi connectivity index (χ4v) is 2.02. The first kappa shape index (κ1) is 8.82. The minimum Gasteiger partial charge on any atom is -0.472 e. The Morgan fingerprint density at radius 2 is 2.46 bits per heavy atom. The molecule has 0 bridgehead atoms. The summed E-state index contributed by atoms with van der Waals surface area (Å²) in [6.45, 7) is 2.26. The van der Waals surface area contributed by atoms with Crippen LogP contribution < -0.4 is 5.32 Å². The lowest BCUT2D eigenvalue weighted by atomic mass is 10.1. The Morgan fingerprint density at radius 1 is 1.54 bits per heavy atom. The fourth-order valence-electron chi connectivity index (χ4n) is 2.02. The smallest absolute Gasteiger partial charge is 0.0934 e. The molecule has 1 aliphatic heterocycles. The first-order valence-corrected chi connectivity index (χ1v) is 5.12. The van der Waals surface area contributed by atoms with Crippen LogP contribution in [0.3, 0.4) is 0 Å². The van der Waals surface area contributed by atoms with Crippen LogP contribution in [-0.2, 0) is 6.42 Å². The summed E-state index contributed by atoms with van der Waals surface area (Å²) >= 11 is 0. The third-order valence-electron chi connectivity index (χ3n) is 2.83. The molecule has 2 heteroatoms. The van der Waals surface area contributed by atoms with Crippen molar-refractivity contribution >= 4 is 0 Å². The van der Waals surface area contributed by atoms with Gasteiger partial charge in [-0.3, -0.25) is 0 Å². The number of nitrogens with one attached hydrogen (secondary N) is 1. The van der Waals surface area contributed by atoms with Gasteiger partial charge in [-0.25, -0.2) is 0 Å². The van der Waals surface area contributed by atoms with Crippen LogP contribution in [0.15, 0.2) is 23.0 Å². The zero-order valence-corrected chi connectivity index (χ0v) is 8.12. The van der Waals surface area contributed by atoms with Gasteiger partial charge in [-0.15, -0.1) is 0 Å². The molecule has 0 saturated carbocycles. The molecule has 0 aliphatic carbocycles. The number of hydrogen-bond donors (Lipinski definition) is 1. The van der Waals surface area contributed by atoms with E-state index in [1.807, 2.05) is 6.26 Å². The van der Waals surface area contributed by atoms with E-state index in [9.17, 15) is 0 Å². The van der Waals surface area contributed by atoms with Crippen molar-refractivity contribution in [2.75, 3.05) is 0 Å². The molecule has 0 radical (unpaired) electrons. The third kappa shape index (κ3) is 2.34. The van der Waals surface area contributed by atoms with Crippen molar-refractivity contribution in [1.29, 1.82) is 0 Å². The molecule has 1 N–H and O–H groups in total. The molecule has 0 unspecified atom stereocenters. The van der Waals surface area contributed by atoms with Crippen LogP contribution in [0.1, 0.15) is 31.7 Å². The second-order valence-electron chi connectivity index (χ2n) is 4.01. The van der Waals surface area contributed by atoms with Crippen molar-refractivity contribution in [3.8, 4) is 0 Å². The minimum atomic E-state index is 0.717. The zero-order chi connectivity index (χ0) is 9.10. The standard InChI is InChI=1S/C11H17NO/c1-9-2-4-11(12-9)5-3-10-6-7-13-8-10/h6-9,11-12H,2-5H2,1H3/t9-,11-/m1/s1. The van der Waals surface area contributed by atoms with E-state index in [0.717, 1.165) is 12.5 Å². The zero-order valence-electron chi connectivity index (χ0n) is 8.12. The van der Waals surface area contributed by atoms with Crippen molar-refractivity contribution in [3.63, 3.8) is 0 Å². The van der Waals surface area contributed by atoms with Crippen LogP contribution in [0.4, 0.5) is 0 Å². The summed E-state index contributed by atoms with van der Waals surface area (Å²) in [5, 5.41) is 3.59. The Balaban J connectivity index is 1.74. The van der Waals surface area contributed by atoms with Crippen LogP contribution in [0, 0.1) is 0 Å². The molecule has 2 atom stereocenters. The van der Waals surface area contributed by atoms with Gasteiger partial charge in [0.1, 0.15) is 0 Å². The lowest BCUT2D eigenvalue weighted by Crippen LogP contribution is -2.27. The van der Waals surface area contributed by atoms with Gasteiger partial charge in [-0.1, -0.05) is 0 Å². The van der Waals surface area contributed by atoms with E-state index in [4.69, 9.17) is 4.42 Å². The fraction of sp³-hybridized carbons (Fsp3) is 0.636. The van der Waals surface area contributed by atoms with Gasteiger partial charge in [0, 0.05) is 12.1 Å². The van der Waals surface area contributed by atoms with E-state index >= 15 is 0 Å². The van der Waals surface area contributed by atoms with Crippen molar-refractivity contribution in [1.82, 2.24) is 5.32 Å². The number of furan rings is 1. The van der Waals surface area contributed by atoms with Crippen LogP contribution >= 0.6 is 0 Å². The van der Waals surface area contributed by atoms with Gasteiger partial charge in [-0.2, -0.15) is 0 Å². The van der Waals surface area contributed by atoms with Crippen LogP contribution in [0.2, 0.25) is 0 Å². The van der Waals surface area contributed by atoms with Gasteiger partial charge in [0.25, 0.3) is 0 Å².